The smallest absolute Gasteiger partial charge is 0.407 e. The number of alkyl carbamates (subject to hydrolysis) is 1. The summed E-state index contributed by atoms with van der Waals surface area (Å²) in [6.45, 7) is 6.55. The maximum absolute atomic E-state index is 13.3. The van der Waals surface area contributed by atoms with Gasteiger partial charge in [-0.15, -0.1) is 0 Å². The van der Waals surface area contributed by atoms with Crippen molar-refractivity contribution in [2.75, 3.05) is 19.6 Å². The first-order chi connectivity index (χ1) is 15.2. The lowest BCUT2D eigenvalue weighted by Crippen LogP contribution is -2.49. The maximum atomic E-state index is 13.3. The molecule has 0 spiro atoms. The summed E-state index contributed by atoms with van der Waals surface area (Å²) < 4.78 is 5.16. The van der Waals surface area contributed by atoms with Crippen LogP contribution in [0.3, 0.4) is 0 Å². The van der Waals surface area contributed by atoms with Crippen LogP contribution in [0.5, 0.6) is 0 Å². The number of benzene rings is 1. The van der Waals surface area contributed by atoms with Crippen molar-refractivity contribution in [3.63, 3.8) is 0 Å². The Hall–Kier alpha value is -3.16. The molecule has 1 aromatic carbocycles. The average Bonchev–Trinajstić information content (AvgIpc) is 2.76. The Kier molecular flexibility index (Phi) is 7.66. The van der Waals surface area contributed by atoms with E-state index < -0.39 is 11.7 Å². The highest BCUT2D eigenvalue weighted by atomic mass is 16.6. The number of carbonyl (C=O) groups is 3. The summed E-state index contributed by atoms with van der Waals surface area (Å²) in [6.07, 6.45) is 4.02. The number of ether oxygens (including phenoxy) is 1. The first-order valence-corrected chi connectivity index (χ1v) is 11.1. The van der Waals surface area contributed by atoms with Gasteiger partial charge in [0.1, 0.15) is 11.3 Å². The zero-order chi connectivity index (χ0) is 23.1. The molecule has 0 bridgehead atoms. The topological polar surface area (TPSA) is 101 Å². The predicted molar refractivity (Wildman–Crippen MR) is 122 cm³/mol. The van der Waals surface area contributed by atoms with Crippen molar-refractivity contribution in [1.29, 1.82) is 0 Å². The van der Waals surface area contributed by atoms with Crippen LogP contribution in [0.25, 0.3) is 10.8 Å². The van der Waals surface area contributed by atoms with E-state index in [2.05, 4.69) is 15.6 Å². The van der Waals surface area contributed by atoms with Crippen LogP contribution in [0.1, 0.15) is 56.9 Å². The molecule has 0 aliphatic carbocycles. The quantitative estimate of drug-likeness (QED) is 0.718. The first-order valence-electron chi connectivity index (χ1n) is 11.1. The number of carbonyl (C=O) groups excluding carboxylic acids is 3. The molecular weight excluding hydrogens is 408 g/mol. The molecule has 172 valence electrons. The number of rotatable bonds is 6. The number of fused-ring (bicyclic) bond motifs is 1. The van der Waals surface area contributed by atoms with Crippen molar-refractivity contribution in [2.45, 2.75) is 58.1 Å². The van der Waals surface area contributed by atoms with Crippen LogP contribution in [0.2, 0.25) is 0 Å². The maximum Gasteiger partial charge on any atom is 0.407 e. The second-order valence-electron chi connectivity index (χ2n) is 9.01. The predicted octanol–water partition coefficient (Wildman–Crippen LogP) is 3.26. The number of hydrogen-bond acceptors (Lipinski definition) is 5. The summed E-state index contributed by atoms with van der Waals surface area (Å²) in [5.41, 5.74) is -0.134. The lowest BCUT2D eigenvalue weighted by Gasteiger charge is -2.35. The van der Waals surface area contributed by atoms with Gasteiger partial charge in [0.15, 0.2) is 0 Å². The van der Waals surface area contributed by atoms with Gasteiger partial charge in [0.2, 0.25) is 5.91 Å². The normalized spacial score (nSPS) is 16.5. The van der Waals surface area contributed by atoms with E-state index in [1.807, 2.05) is 35.2 Å². The van der Waals surface area contributed by atoms with Crippen molar-refractivity contribution in [1.82, 2.24) is 20.5 Å². The molecule has 3 rings (SSSR count). The minimum atomic E-state index is -0.581. The fraction of sp³-hybridized carbons (Fsp3) is 0.500. The molecule has 3 amide bonds. The zero-order valence-corrected chi connectivity index (χ0v) is 19.0. The van der Waals surface area contributed by atoms with Crippen molar-refractivity contribution >= 4 is 28.7 Å². The van der Waals surface area contributed by atoms with Crippen LogP contribution >= 0.6 is 0 Å². The highest BCUT2D eigenvalue weighted by molar-refractivity contribution is 6.05. The molecule has 1 saturated heterocycles. The van der Waals surface area contributed by atoms with Gasteiger partial charge in [0.05, 0.1) is 0 Å². The third-order valence-corrected chi connectivity index (χ3v) is 5.32. The Morgan fingerprint density at radius 2 is 1.91 bits per heavy atom. The van der Waals surface area contributed by atoms with Crippen molar-refractivity contribution < 1.29 is 19.1 Å². The fourth-order valence-corrected chi connectivity index (χ4v) is 3.82. The second-order valence-corrected chi connectivity index (χ2v) is 9.01. The molecule has 32 heavy (non-hydrogen) atoms. The van der Waals surface area contributed by atoms with Crippen molar-refractivity contribution in [3.05, 3.63) is 42.2 Å². The van der Waals surface area contributed by atoms with E-state index in [0.29, 0.717) is 18.8 Å². The van der Waals surface area contributed by atoms with Crippen LogP contribution in [0, 0.1) is 0 Å². The van der Waals surface area contributed by atoms with E-state index in [4.69, 9.17) is 4.74 Å². The molecule has 0 saturated carbocycles. The number of amides is 3. The van der Waals surface area contributed by atoms with Gasteiger partial charge in [-0.2, -0.15) is 0 Å². The molecular formula is C24H32N4O4. The minimum absolute atomic E-state index is 0.0835. The summed E-state index contributed by atoms with van der Waals surface area (Å²) >= 11 is 0. The number of pyridine rings is 1. The summed E-state index contributed by atoms with van der Waals surface area (Å²) in [6, 6.07) is 9.53. The van der Waals surface area contributed by atoms with E-state index >= 15 is 0 Å². The first kappa shape index (κ1) is 23.5. The standard InChI is InChI=1S/C24H32N4O4/c1-24(2,3)32-23(31)26-14-12-20(29)27-16-18-9-6-7-15-28(18)22(30)21-19-10-5-4-8-17(19)11-13-25-21/h4-5,8,10-11,13,18H,6-7,9,12,14-16H2,1-3H3,(H,26,31)(H,27,29)/t18-/m0/s1. The van der Waals surface area contributed by atoms with Crippen LogP contribution < -0.4 is 10.6 Å². The molecule has 8 heteroatoms. The van der Waals surface area contributed by atoms with E-state index in [9.17, 15) is 14.4 Å². The monoisotopic (exact) mass is 440 g/mol. The second kappa shape index (κ2) is 10.4. The fourth-order valence-electron chi connectivity index (χ4n) is 3.82. The minimum Gasteiger partial charge on any atom is -0.444 e. The number of nitrogens with one attached hydrogen (secondary N) is 2. The van der Waals surface area contributed by atoms with Crippen LogP contribution in [-0.2, 0) is 9.53 Å². The molecule has 0 radical (unpaired) electrons. The highest BCUT2D eigenvalue weighted by Crippen LogP contribution is 2.23. The SMILES string of the molecule is CC(C)(C)OC(=O)NCCC(=O)NC[C@@H]1CCCCN1C(=O)c1nccc2ccccc12. The summed E-state index contributed by atoms with van der Waals surface area (Å²) in [7, 11) is 0. The molecule has 1 aliphatic rings. The molecule has 1 aliphatic heterocycles. The Morgan fingerprint density at radius 1 is 1.12 bits per heavy atom. The lowest BCUT2D eigenvalue weighted by molar-refractivity contribution is -0.121. The number of hydrogen-bond donors (Lipinski definition) is 2. The summed E-state index contributed by atoms with van der Waals surface area (Å²) in [5.74, 6) is -0.283. The van der Waals surface area contributed by atoms with Gasteiger partial charge in [-0.1, -0.05) is 24.3 Å². The van der Waals surface area contributed by atoms with Gasteiger partial charge in [0, 0.05) is 43.7 Å². The van der Waals surface area contributed by atoms with Gasteiger partial charge >= 0.3 is 6.09 Å². The van der Waals surface area contributed by atoms with Gasteiger partial charge in [-0.25, -0.2) is 4.79 Å². The van der Waals surface area contributed by atoms with Gasteiger partial charge in [-0.05, 0) is 51.5 Å². The molecule has 1 fully saturated rings. The molecule has 1 aromatic heterocycles. The Labute approximate surface area is 188 Å². The summed E-state index contributed by atoms with van der Waals surface area (Å²) in [4.78, 5) is 43.4. The van der Waals surface area contributed by atoms with E-state index in [1.165, 1.54) is 0 Å². The van der Waals surface area contributed by atoms with Crippen molar-refractivity contribution in [2.24, 2.45) is 0 Å². The number of nitrogens with zero attached hydrogens (tertiary/aromatic N) is 2. The van der Waals surface area contributed by atoms with Crippen molar-refractivity contribution in [3.8, 4) is 0 Å². The van der Waals surface area contributed by atoms with E-state index in [0.717, 1.165) is 30.0 Å². The Balaban J connectivity index is 1.55. The third kappa shape index (κ3) is 6.42. The lowest BCUT2D eigenvalue weighted by atomic mass is 10.0. The van der Waals surface area contributed by atoms with Crippen LogP contribution in [0.4, 0.5) is 4.79 Å². The average molecular weight is 441 g/mol. The number of likely N-dealkylation sites (tertiary alicyclic amines) is 1. The molecule has 0 unspecified atom stereocenters. The Bertz CT molecular complexity index is 965. The number of aromatic nitrogens is 1. The van der Waals surface area contributed by atoms with Gasteiger partial charge in [-0.3, -0.25) is 14.6 Å². The number of piperidine rings is 1. The molecule has 2 heterocycles. The Morgan fingerprint density at radius 3 is 2.69 bits per heavy atom. The largest absolute Gasteiger partial charge is 0.444 e. The van der Waals surface area contributed by atoms with Gasteiger partial charge < -0.3 is 20.3 Å². The van der Waals surface area contributed by atoms with E-state index in [1.54, 1.807) is 27.0 Å². The highest BCUT2D eigenvalue weighted by Gasteiger charge is 2.29. The van der Waals surface area contributed by atoms with E-state index in [-0.39, 0.29) is 30.8 Å². The molecule has 1 atom stereocenters. The molecule has 2 aromatic rings. The van der Waals surface area contributed by atoms with Crippen LogP contribution in [0.15, 0.2) is 36.5 Å². The molecule has 2 N–H and O–H groups in total. The summed E-state index contributed by atoms with van der Waals surface area (Å²) in [5, 5.41) is 7.29. The van der Waals surface area contributed by atoms with Crippen LogP contribution in [-0.4, -0.2) is 59.1 Å². The molecule has 8 nitrogen and oxygen atoms in total. The zero-order valence-electron chi connectivity index (χ0n) is 19.0. The van der Waals surface area contributed by atoms with Gasteiger partial charge in [0.25, 0.3) is 5.91 Å². The third-order valence-electron chi connectivity index (χ3n) is 5.32.